The van der Waals surface area contributed by atoms with Crippen molar-refractivity contribution in [3.8, 4) is 5.75 Å². The lowest BCUT2D eigenvalue weighted by atomic mass is 10.1. The van der Waals surface area contributed by atoms with Gasteiger partial charge in [-0.1, -0.05) is 26.0 Å². The van der Waals surface area contributed by atoms with Crippen LogP contribution in [0.4, 0.5) is 0 Å². The van der Waals surface area contributed by atoms with Crippen LogP contribution < -0.4 is 10.1 Å². The minimum Gasteiger partial charge on any atom is -0.492 e. The Bertz CT molecular complexity index is 404. The Labute approximate surface area is 129 Å². The molecule has 0 aliphatic carbocycles. The second-order valence-corrected chi connectivity index (χ2v) is 6.35. The number of ether oxygens (including phenoxy) is 1. The van der Waals surface area contributed by atoms with Gasteiger partial charge in [-0.2, -0.15) is 0 Å². The van der Waals surface area contributed by atoms with Crippen LogP contribution >= 0.6 is 0 Å². The molecule has 1 aliphatic heterocycles. The summed E-state index contributed by atoms with van der Waals surface area (Å²) in [6, 6.07) is 9.17. The lowest BCUT2D eigenvalue weighted by molar-refractivity contribution is 0.202. The van der Waals surface area contributed by atoms with Crippen LogP contribution in [0.1, 0.15) is 39.2 Å². The van der Waals surface area contributed by atoms with E-state index in [1.54, 1.807) is 0 Å². The molecule has 1 aromatic rings. The van der Waals surface area contributed by atoms with Crippen molar-refractivity contribution in [1.29, 1.82) is 0 Å². The SMILES string of the molecule is CCCNCc1ccc(OCCN2CC(C)CC2C)cc1. The van der Waals surface area contributed by atoms with E-state index in [1.807, 2.05) is 0 Å². The van der Waals surface area contributed by atoms with Crippen LogP contribution in [0.25, 0.3) is 0 Å². The molecule has 1 N–H and O–H groups in total. The van der Waals surface area contributed by atoms with Gasteiger partial charge >= 0.3 is 0 Å². The molecule has 1 heterocycles. The molecule has 2 unspecified atom stereocenters. The normalized spacial score (nSPS) is 22.6. The van der Waals surface area contributed by atoms with Crippen molar-refractivity contribution in [2.45, 2.75) is 46.2 Å². The van der Waals surface area contributed by atoms with E-state index in [4.69, 9.17) is 4.74 Å². The average molecular weight is 290 g/mol. The molecule has 2 rings (SSSR count). The van der Waals surface area contributed by atoms with Crippen LogP contribution in [0.5, 0.6) is 5.75 Å². The van der Waals surface area contributed by atoms with Crippen molar-refractivity contribution in [2.24, 2.45) is 5.92 Å². The van der Waals surface area contributed by atoms with Crippen LogP contribution in [0, 0.1) is 5.92 Å². The van der Waals surface area contributed by atoms with Gasteiger partial charge in [0.1, 0.15) is 12.4 Å². The number of hydrogen-bond acceptors (Lipinski definition) is 3. The highest BCUT2D eigenvalue weighted by molar-refractivity contribution is 5.27. The Kier molecular flexibility index (Phi) is 6.52. The van der Waals surface area contributed by atoms with Crippen LogP contribution in [-0.2, 0) is 6.54 Å². The van der Waals surface area contributed by atoms with Gasteiger partial charge in [-0.3, -0.25) is 4.90 Å². The van der Waals surface area contributed by atoms with Crippen molar-refractivity contribution in [3.05, 3.63) is 29.8 Å². The van der Waals surface area contributed by atoms with Gasteiger partial charge in [0.15, 0.2) is 0 Å². The van der Waals surface area contributed by atoms with Gasteiger partial charge in [0.05, 0.1) is 0 Å². The molecule has 3 nitrogen and oxygen atoms in total. The zero-order chi connectivity index (χ0) is 15.1. The standard InChI is InChI=1S/C18H30N2O/c1-4-9-19-13-17-5-7-18(8-6-17)21-11-10-20-14-15(2)12-16(20)3/h5-8,15-16,19H,4,9-14H2,1-3H3. The van der Waals surface area contributed by atoms with Crippen LogP contribution in [0.2, 0.25) is 0 Å². The van der Waals surface area contributed by atoms with E-state index in [1.165, 1.54) is 24.9 Å². The van der Waals surface area contributed by atoms with E-state index in [0.29, 0.717) is 6.04 Å². The highest BCUT2D eigenvalue weighted by Crippen LogP contribution is 2.21. The number of nitrogens with one attached hydrogen (secondary N) is 1. The second-order valence-electron chi connectivity index (χ2n) is 6.35. The van der Waals surface area contributed by atoms with Crippen molar-refractivity contribution in [3.63, 3.8) is 0 Å². The average Bonchev–Trinajstić information content (AvgIpc) is 2.79. The first-order chi connectivity index (χ1) is 10.2. The minimum atomic E-state index is 0.704. The summed E-state index contributed by atoms with van der Waals surface area (Å²) in [5.74, 6) is 1.81. The smallest absolute Gasteiger partial charge is 0.119 e. The zero-order valence-corrected chi connectivity index (χ0v) is 13.8. The number of hydrogen-bond donors (Lipinski definition) is 1. The summed E-state index contributed by atoms with van der Waals surface area (Å²) in [6.45, 7) is 11.9. The van der Waals surface area contributed by atoms with E-state index in [9.17, 15) is 0 Å². The van der Waals surface area contributed by atoms with Crippen molar-refractivity contribution in [2.75, 3.05) is 26.2 Å². The van der Waals surface area contributed by atoms with Gasteiger partial charge in [0, 0.05) is 25.7 Å². The maximum atomic E-state index is 5.87. The maximum absolute atomic E-state index is 5.87. The lowest BCUT2D eigenvalue weighted by Crippen LogP contribution is -2.31. The monoisotopic (exact) mass is 290 g/mol. The quantitative estimate of drug-likeness (QED) is 0.744. The molecule has 2 atom stereocenters. The molecular weight excluding hydrogens is 260 g/mol. The predicted octanol–water partition coefficient (Wildman–Crippen LogP) is 3.30. The summed E-state index contributed by atoms with van der Waals surface area (Å²) in [4.78, 5) is 2.54. The summed E-state index contributed by atoms with van der Waals surface area (Å²) in [5, 5.41) is 3.41. The van der Waals surface area contributed by atoms with Gasteiger partial charge in [0.25, 0.3) is 0 Å². The van der Waals surface area contributed by atoms with Gasteiger partial charge in [-0.15, -0.1) is 0 Å². The Morgan fingerprint density at radius 2 is 2.00 bits per heavy atom. The fraction of sp³-hybridized carbons (Fsp3) is 0.667. The summed E-state index contributed by atoms with van der Waals surface area (Å²) in [5.41, 5.74) is 1.32. The van der Waals surface area contributed by atoms with E-state index in [2.05, 4.69) is 55.3 Å². The third-order valence-corrected chi connectivity index (χ3v) is 4.24. The molecule has 1 aromatic carbocycles. The molecule has 0 radical (unpaired) electrons. The van der Waals surface area contributed by atoms with Crippen molar-refractivity contribution >= 4 is 0 Å². The van der Waals surface area contributed by atoms with Gasteiger partial charge < -0.3 is 10.1 Å². The number of benzene rings is 1. The van der Waals surface area contributed by atoms with Crippen molar-refractivity contribution < 1.29 is 4.74 Å². The molecule has 0 bridgehead atoms. The number of rotatable bonds is 8. The first-order valence-electron chi connectivity index (χ1n) is 8.35. The molecule has 1 aliphatic rings. The van der Waals surface area contributed by atoms with Crippen molar-refractivity contribution in [1.82, 2.24) is 10.2 Å². The minimum absolute atomic E-state index is 0.704. The molecule has 1 fully saturated rings. The fourth-order valence-corrected chi connectivity index (χ4v) is 3.09. The molecule has 0 aromatic heterocycles. The van der Waals surface area contributed by atoms with Gasteiger partial charge in [0.2, 0.25) is 0 Å². The predicted molar refractivity (Wildman–Crippen MR) is 88.8 cm³/mol. The molecule has 118 valence electrons. The Hall–Kier alpha value is -1.06. The molecule has 3 heteroatoms. The molecule has 21 heavy (non-hydrogen) atoms. The third-order valence-electron chi connectivity index (χ3n) is 4.24. The van der Waals surface area contributed by atoms with E-state index >= 15 is 0 Å². The lowest BCUT2D eigenvalue weighted by Gasteiger charge is -2.20. The summed E-state index contributed by atoms with van der Waals surface area (Å²) >= 11 is 0. The largest absolute Gasteiger partial charge is 0.492 e. The van der Waals surface area contributed by atoms with Crippen LogP contribution in [0.15, 0.2) is 24.3 Å². The molecular formula is C18H30N2O. The molecule has 0 amide bonds. The van der Waals surface area contributed by atoms with E-state index in [0.717, 1.165) is 37.9 Å². The highest BCUT2D eigenvalue weighted by atomic mass is 16.5. The van der Waals surface area contributed by atoms with Crippen LogP contribution in [-0.4, -0.2) is 37.2 Å². The third kappa shape index (κ3) is 5.33. The highest BCUT2D eigenvalue weighted by Gasteiger charge is 2.25. The summed E-state index contributed by atoms with van der Waals surface area (Å²) in [6.07, 6.45) is 2.49. The fourth-order valence-electron chi connectivity index (χ4n) is 3.09. The van der Waals surface area contributed by atoms with Gasteiger partial charge in [-0.05, 0) is 49.9 Å². The number of likely N-dealkylation sites (tertiary alicyclic amines) is 1. The maximum Gasteiger partial charge on any atom is 0.119 e. The molecule has 1 saturated heterocycles. The number of nitrogens with zero attached hydrogens (tertiary/aromatic N) is 1. The topological polar surface area (TPSA) is 24.5 Å². The second kappa shape index (κ2) is 8.40. The molecule has 0 spiro atoms. The zero-order valence-electron chi connectivity index (χ0n) is 13.8. The Balaban J connectivity index is 1.69. The van der Waals surface area contributed by atoms with Crippen LogP contribution in [0.3, 0.4) is 0 Å². The van der Waals surface area contributed by atoms with E-state index < -0.39 is 0 Å². The summed E-state index contributed by atoms with van der Waals surface area (Å²) < 4.78 is 5.87. The first kappa shape index (κ1) is 16.3. The Morgan fingerprint density at radius 1 is 1.24 bits per heavy atom. The molecule has 0 saturated carbocycles. The van der Waals surface area contributed by atoms with Gasteiger partial charge in [-0.25, -0.2) is 0 Å². The Morgan fingerprint density at radius 3 is 2.62 bits per heavy atom. The summed E-state index contributed by atoms with van der Waals surface area (Å²) in [7, 11) is 0. The first-order valence-corrected chi connectivity index (χ1v) is 8.35. The van der Waals surface area contributed by atoms with E-state index in [-0.39, 0.29) is 0 Å².